The van der Waals surface area contributed by atoms with Crippen molar-refractivity contribution in [3.63, 3.8) is 0 Å². The van der Waals surface area contributed by atoms with Gasteiger partial charge < -0.3 is 30.3 Å². The first kappa shape index (κ1) is 29.2. The van der Waals surface area contributed by atoms with E-state index in [1.54, 1.807) is 0 Å². The van der Waals surface area contributed by atoms with Crippen molar-refractivity contribution in [3.05, 3.63) is 0 Å². The molecule has 0 unspecified atom stereocenters. The lowest BCUT2D eigenvalue weighted by Crippen LogP contribution is -2.62. The minimum atomic E-state index is -4.57. The van der Waals surface area contributed by atoms with Crippen LogP contribution in [0.15, 0.2) is 0 Å². The van der Waals surface area contributed by atoms with Gasteiger partial charge in [-0.1, -0.05) is 20.8 Å². The largest absolute Gasteiger partial charge is 0.748 e. The Hall–Kier alpha value is -0.780. The zero-order valence-electron chi connectivity index (χ0n) is 22.4. The molecule has 4 aliphatic rings. The van der Waals surface area contributed by atoms with Crippen LogP contribution in [0.2, 0.25) is 0 Å². The van der Waals surface area contributed by atoms with E-state index in [1.165, 1.54) is 0 Å². The Morgan fingerprint density at radius 3 is 2.43 bits per heavy atom. The van der Waals surface area contributed by atoms with E-state index in [4.69, 9.17) is 0 Å². The Morgan fingerprint density at radius 2 is 1.78 bits per heavy atom. The molecule has 9 nitrogen and oxygen atoms in total. The Balaban J connectivity index is 1.43. The molecule has 1 amide bonds. The lowest BCUT2D eigenvalue weighted by atomic mass is 9.43. The molecule has 10 heteroatoms. The molecule has 0 aliphatic heterocycles. The van der Waals surface area contributed by atoms with Gasteiger partial charge in [0.2, 0.25) is 5.91 Å². The van der Waals surface area contributed by atoms with E-state index in [0.29, 0.717) is 19.3 Å². The molecule has 0 saturated heterocycles. The van der Waals surface area contributed by atoms with E-state index in [0.717, 1.165) is 32.1 Å². The maximum Gasteiger partial charge on any atom is 0.220 e. The summed E-state index contributed by atoms with van der Waals surface area (Å²) in [5.41, 5.74) is -0.340. The fourth-order valence-electron chi connectivity index (χ4n) is 9.38. The molecule has 0 aromatic heterocycles. The number of hydrogen-bond donors (Lipinski definition) is 5. The number of carbonyl (C=O) groups is 1. The Kier molecular flexibility index (Phi) is 8.41. The van der Waals surface area contributed by atoms with E-state index >= 15 is 0 Å². The first-order valence-electron chi connectivity index (χ1n) is 14.1. The minimum absolute atomic E-state index is 0.0219. The highest BCUT2D eigenvalue weighted by atomic mass is 32.2. The maximum absolute atomic E-state index is 12.4. The second kappa shape index (κ2) is 10.7. The molecule has 0 aromatic rings. The van der Waals surface area contributed by atoms with Crippen molar-refractivity contribution in [1.82, 2.24) is 5.32 Å². The summed E-state index contributed by atoms with van der Waals surface area (Å²) in [5, 5.41) is 45.1. The molecule has 4 rings (SSSR count). The summed E-state index contributed by atoms with van der Waals surface area (Å²) in [6.07, 6.45) is 5.12. The molecule has 214 valence electrons. The van der Waals surface area contributed by atoms with Gasteiger partial charge in [0.1, 0.15) is 0 Å². The summed E-state index contributed by atoms with van der Waals surface area (Å²) in [7, 11) is -4.57. The smallest absolute Gasteiger partial charge is 0.220 e. The number of fused-ring (bicyclic) bond motifs is 5. The predicted molar refractivity (Wildman–Crippen MR) is 136 cm³/mol. The standard InChI is InChI=1S/C27H47NO8S/c1-15(4-7-24(33)28-17(13-29)14-37(34,35)36)19-5-6-20-25-21(12-23(32)27(19,20)3)26(2)9-8-18(30)10-16(26)11-22(25)31/h15-23,25,29-32H,4-14H2,1-3H3,(H,28,33)(H,34,35,36)/p-1/t15-,16+,17-,18-,19-,20+,21+,22-,23+,25+,26+,27-/m1/s1. The van der Waals surface area contributed by atoms with Crippen LogP contribution in [-0.2, 0) is 14.9 Å². The quantitative estimate of drug-likeness (QED) is 0.286. The van der Waals surface area contributed by atoms with Crippen LogP contribution in [0.1, 0.15) is 78.6 Å². The van der Waals surface area contributed by atoms with Gasteiger partial charge in [-0.15, -0.1) is 0 Å². The molecule has 4 saturated carbocycles. The van der Waals surface area contributed by atoms with E-state index in [2.05, 4.69) is 26.1 Å². The highest BCUT2D eigenvalue weighted by Gasteiger charge is 2.65. The molecule has 0 bridgehead atoms. The number of aliphatic hydroxyl groups is 4. The lowest BCUT2D eigenvalue weighted by Gasteiger charge is -2.63. The van der Waals surface area contributed by atoms with E-state index in [9.17, 15) is 38.2 Å². The zero-order chi connectivity index (χ0) is 27.3. The Labute approximate surface area is 221 Å². The second-order valence-corrected chi connectivity index (χ2v) is 14.7. The van der Waals surface area contributed by atoms with Crippen molar-refractivity contribution in [2.75, 3.05) is 12.4 Å². The average molecular weight is 545 g/mol. The first-order chi connectivity index (χ1) is 17.2. The molecule has 0 radical (unpaired) electrons. The van der Waals surface area contributed by atoms with E-state index in [-0.39, 0.29) is 58.9 Å². The van der Waals surface area contributed by atoms with Gasteiger partial charge in [-0.25, -0.2) is 8.42 Å². The van der Waals surface area contributed by atoms with Gasteiger partial charge in [-0.2, -0.15) is 0 Å². The van der Waals surface area contributed by atoms with Crippen LogP contribution in [0, 0.1) is 46.3 Å². The van der Waals surface area contributed by atoms with Crippen molar-refractivity contribution < 1.29 is 38.2 Å². The first-order valence-corrected chi connectivity index (χ1v) is 15.7. The lowest BCUT2D eigenvalue weighted by molar-refractivity contribution is -0.207. The van der Waals surface area contributed by atoms with Gasteiger partial charge in [0, 0.05) is 6.42 Å². The summed E-state index contributed by atoms with van der Waals surface area (Å²) in [4.78, 5) is 12.4. The number of carbonyl (C=O) groups excluding carboxylic acids is 1. The third kappa shape index (κ3) is 5.48. The fraction of sp³-hybridized carbons (Fsp3) is 0.963. The number of hydrogen-bond acceptors (Lipinski definition) is 8. The monoisotopic (exact) mass is 544 g/mol. The van der Waals surface area contributed by atoms with Crippen molar-refractivity contribution >= 4 is 16.0 Å². The van der Waals surface area contributed by atoms with Crippen LogP contribution in [0.25, 0.3) is 0 Å². The highest BCUT2D eigenvalue weighted by Crippen LogP contribution is 2.68. The summed E-state index contributed by atoms with van der Waals surface area (Å²) < 4.78 is 33.0. The number of amides is 1. The maximum atomic E-state index is 12.4. The van der Waals surface area contributed by atoms with Gasteiger partial charge >= 0.3 is 0 Å². The zero-order valence-corrected chi connectivity index (χ0v) is 23.2. The van der Waals surface area contributed by atoms with Gasteiger partial charge in [0.15, 0.2) is 0 Å². The van der Waals surface area contributed by atoms with Crippen LogP contribution in [0.4, 0.5) is 0 Å². The van der Waals surface area contributed by atoms with Crippen LogP contribution >= 0.6 is 0 Å². The predicted octanol–water partition coefficient (Wildman–Crippen LogP) is 1.39. The van der Waals surface area contributed by atoms with Crippen molar-refractivity contribution in [3.8, 4) is 0 Å². The summed E-state index contributed by atoms with van der Waals surface area (Å²) in [6.45, 7) is 5.95. The third-order valence-corrected chi connectivity index (χ3v) is 12.1. The molecule has 0 spiro atoms. The van der Waals surface area contributed by atoms with Gasteiger partial charge in [-0.3, -0.25) is 4.79 Å². The van der Waals surface area contributed by atoms with Crippen molar-refractivity contribution in [2.45, 2.75) is 103 Å². The molecule has 12 atom stereocenters. The van der Waals surface area contributed by atoms with Crippen LogP contribution in [0.5, 0.6) is 0 Å². The molecular weight excluding hydrogens is 498 g/mol. The number of aliphatic hydroxyl groups excluding tert-OH is 4. The summed E-state index contributed by atoms with van der Waals surface area (Å²) in [5.74, 6) is -0.109. The third-order valence-electron chi connectivity index (χ3n) is 11.3. The number of rotatable bonds is 8. The van der Waals surface area contributed by atoms with E-state index in [1.807, 2.05) is 0 Å². The van der Waals surface area contributed by atoms with Gasteiger partial charge in [-0.05, 0) is 97.7 Å². The van der Waals surface area contributed by atoms with Crippen LogP contribution < -0.4 is 5.32 Å². The highest BCUT2D eigenvalue weighted by molar-refractivity contribution is 7.85. The molecule has 0 heterocycles. The Morgan fingerprint density at radius 1 is 1.08 bits per heavy atom. The molecule has 37 heavy (non-hydrogen) atoms. The fourth-order valence-corrected chi connectivity index (χ4v) is 10.1. The molecule has 4 aliphatic carbocycles. The second-order valence-electron chi connectivity index (χ2n) is 13.2. The SMILES string of the molecule is C[C@H](CCC(=O)N[C@H](CO)CS(=O)(=O)[O-])[C@H]1CC[C@H]2[C@@H]3[C@H](O)C[C@@H]4C[C@H](O)CC[C@]4(C)[C@H]3C[C@H](O)[C@]12C. The van der Waals surface area contributed by atoms with Gasteiger partial charge in [0.05, 0.1) is 46.8 Å². The Bertz CT molecular complexity index is 945. The van der Waals surface area contributed by atoms with E-state index < -0.39 is 46.6 Å². The molecule has 4 fully saturated rings. The minimum Gasteiger partial charge on any atom is -0.748 e. The topological polar surface area (TPSA) is 167 Å². The summed E-state index contributed by atoms with van der Waals surface area (Å²) in [6, 6.07) is -1.12. The summed E-state index contributed by atoms with van der Waals surface area (Å²) >= 11 is 0. The average Bonchev–Trinajstić information content (AvgIpc) is 3.16. The number of nitrogens with one attached hydrogen (secondary N) is 1. The van der Waals surface area contributed by atoms with Crippen molar-refractivity contribution in [1.29, 1.82) is 0 Å². The van der Waals surface area contributed by atoms with Crippen molar-refractivity contribution in [2.24, 2.45) is 46.3 Å². The molecule has 5 N–H and O–H groups in total. The molecular formula is C27H46NO8S-. The molecule has 0 aromatic carbocycles. The van der Waals surface area contributed by atoms with Crippen LogP contribution in [-0.4, -0.2) is 76.0 Å². The van der Waals surface area contributed by atoms with Gasteiger partial charge in [0.25, 0.3) is 0 Å². The van der Waals surface area contributed by atoms with Crippen LogP contribution in [0.3, 0.4) is 0 Å². The normalized spacial score (nSPS) is 45.3.